The predicted octanol–water partition coefficient (Wildman–Crippen LogP) is 1.29. The van der Waals surface area contributed by atoms with Gasteiger partial charge in [0.1, 0.15) is 5.75 Å². The molecule has 0 saturated heterocycles. The van der Waals surface area contributed by atoms with Crippen molar-refractivity contribution in [2.24, 2.45) is 0 Å². The van der Waals surface area contributed by atoms with Crippen molar-refractivity contribution in [2.45, 2.75) is 19.3 Å². The van der Waals surface area contributed by atoms with Crippen LogP contribution in [0.25, 0.3) is 0 Å². The summed E-state index contributed by atoms with van der Waals surface area (Å²) in [6.07, 6.45) is 0.276. The minimum atomic E-state index is -0.604. The molecule has 1 aromatic rings. The number of ether oxygens (including phenoxy) is 1. The number of carbonyl (C=O) groups is 2. The largest absolute Gasteiger partial charge is 0.496 e. The Kier molecular flexibility index (Phi) is 4.26. The topological polar surface area (TPSA) is 55.4 Å². The SMILES string of the molecule is COc1ccccc1C(C)(C)CNC(=O)C=O. The van der Waals surface area contributed by atoms with Crippen LogP contribution in [0.15, 0.2) is 24.3 Å². The Bertz CT molecular complexity index is 413. The van der Waals surface area contributed by atoms with Gasteiger partial charge < -0.3 is 10.1 Å². The fraction of sp³-hybridized carbons (Fsp3) is 0.385. The van der Waals surface area contributed by atoms with Crippen LogP contribution in [0, 0.1) is 0 Å². The van der Waals surface area contributed by atoms with Crippen LogP contribution in [-0.4, -0.2) is 25.8 Å². The third-order valence-corrected chi connectivity index (χ3v) is 2.65. The monoisotopic (exact) mass is 235 g/mol. The van der Waals surface area contributed by atoms with Crippen LogP contribution in [-0.2, 0) is 15.0 Å². The molecule has 0 aliphatic carbocycles. The highest BCUT2D eigenvalue weighted by Crippen LogP contribution is 2.30. The summed E-state index contributed by atoms with van der Waals surface area (Å²) in [4.78, 5) is 21.2. The van der Waals surface area contributed by atoms with Gasteiger partial charge in [0.2, 0.25) is 6.29 Å². The van der Waals surface area contributed by atoms with Gasteiger partial charge in [0.15, 0.2) is 0 Å². The number of methoxy groups -OCH3 is 1. The second-order valence-corrected chi connectivity index (χ2v) is 4.42. The molecule has 0 aliphatic rings. The molecule has 1 amide bonds. The molecule has 0 unspecified atom stereocenters. The molecule has 0 spiro atoms. The highest BCUT2D eigenvalue weighted by atomic mass is 16.5. The molecule has 0 radical (unpaired) electrons. The van der Waals surface area contributed by atoms with Gasteiger partial charge in [0, 0.05) is 17.5 Å². The standard InChI is InChI=1S/C13H17NO3/c1-13(2,9-14-12(16)8-15)10-6-4-5-7-11(10)17-3/h4-8H,9H2,1-3H3,(H,14,16). The van der Waals surface area contributed by atoms with Crippen molar-refractivity contribution < 1.29 is 14.3 Å². The average Bonchev–Trinajstić information content (AvgIpc) is 2.35. The maximum atomic E-state index is 10.9. The van der Waals surface area contributed by atoms with E-state index < -0.39 is 5.91 Å². The second-order valence-electron chi connectivity index (χ2n) is 4.42. The van der Waals surface area contributed by atoms with E-state index in [9.17, 15) is 9.59 Å². The number of nitrogens with one attached hydrogen (secondary N) is 1. The van der Waals surface area contributed by atoms with Gasteiger partial charge in [-0.15, -0.1) is 0 Å². The molecule has 0 aliphatic heterocycles. The van der Waals surface area contributed by atoms with Crippen LogP contribution in [0.2, 0.25) is 0 Å². The first-order chi connectivity index (χ1) is 8.01. The third kappa shape index (κ3) is 3.31. The quantitative estimate of drug-likeness (QED) is 0.618. The van der Waals surface area contributed by atoms with E-state index in [1.165, 1.54) is 0 Å². The molecule has 1 rings (SSSR count). The van der Waals surface area contributed by atoms with E-state index in [-0.39, 0.29) is 11.7 Å². The molecule has 17 heavy (non-hydrogen) atoms. The molecule has 1 N–H and O–H groups in total. The van der Waals surface area contributed by atoms with Gasteiger partial charge in [-0.1, -0.05) is 32.0 Å². The molecule has 0 saturated carbocycles. The minimum absolute atomic E-state index is 0.276. The third-order valence-electron chi connectivity index (χ3n) is 2.65. The van der Waals surface area contributed by atoms with Gasteiger partial charge in [-0.25, -0.2) is 0 Å². The van der Waals surface area contributed by atoms with Crippen LogP contribution in [0.4, 0.5) is 0 Å². The summed E-state index contributed by atoms with van der Waals surface area (Å²) in [5.74, 6) is 0.172. The molecule has 4 heteroatoms. The van der Waals surface area contributed by atoms with Crippen LogP contribution in [0.3, 0.4) is 0 Å². The normalized spacial score (nSPS) is 10.8. The van der Waals surface area contributed by atoms with Crippen LogP contribution >= 0.6 is 0 Å². The van der Waals surface area contributed by atoms with E-state index in [0.717, 1.165) is 11.3 Å². The Morgan fingerprint density at radius 3 is 2.65 bits per heavy atom. The van der Waals surface area contributed by atoms with E-state index in [4.69, 9.17) is 4.74 Å². The average molecular weight is 235 g/mol. The van der Waals surface area contributed by atoms with Gasteiger partial charge in [-0.2, -0.15) is 0 Å². The van der Waals surface area contributed by atoms with E-state index in [1.807, 2.05) is 38.1 Å². The smallest absolute Gasteiger partial charge is 0.284 e. The summed E-state index contributed by atoms with van der Waals surface area (Å²) in [6.45, 7) is 4.34. The highest BCUT2D eigenvalue weighted by Gasteiger charge is 2.24. The molecular weight excluding hydrogens is 218 g/mol. The van der Waals surface area contributed by atoms with E-state index in [1.54, 1.807) is 7.11 Å². The van der Waals surface area contributed by atoms with Crippen molar-refractivity contribution in [3.63, 3.8) is 0 Å². The summed E-state index contributed by atoms with van der Waals surface area (Å²) in [6, 6.07) is 7.63. The zero-order valence-electron chi connectivity index (χ0n) is 10.3. The zero-order valence-corrected chi connectivity index (χ0v) is 10.3. The summed E-state index contributed by atoms with van der Waals surface area (Å²) in [5.41, 5.74) is 0.694. The number of amides is 1. The molecule has 0 bridgehead atoms. The summed E-state index contributed by atoms with van der Waals surface area (Å²) in [5, 5.41) is 2.56. The lowest BCUT2D eigenvalue weighted by molar-refractivity contribution is -0.131. The summed E-state index contributed by atoms with van der Waals surface area (Å²) in [7, 11) is 1.61. The Morgan fingerprint density at radius 1 is 1.41 bits per heavy atom. The lowest BCUT2D eigenvalue weighted by Gasteiger charge is -2.27. The maximum absolute atomic E-state index is 10.9. The van der Waals surface area contributed by atoms with Gasteiger partial charge >= 0.3 is 0 Å². The second kappa shape index (κ2) is 5.48. The van der Waals surface area contributed by atoms with Crippen molar-refractivity contribution in [3.8, 4) is 5.75 Å². The fourth-order valence-corrected chi connectivity index (χ4v) is 1.65. The molecule has 0 fully saturated rings. The van der Waals surface area contributed by atoms with Crippen molar-refractivity contribution in [1.82, 2.24) is 5.32 Å². The number of aldehydes is 1. The van der Waals surface area contributed by atoms with Crippen LogP contribution in [0.1, 0.15) is 19.4 Å². The minimum Gasteiger partial charge on any atom is -0.496 e. The molecule has 4 nitrogen and oxygen atoms in total. The summed E-state index contributed by atoms with van der Waals surface area (Å²) < 4.78 is 5.28. The number of rotatable bonds is 5. The lowest BCUT2D eigenvalue weighted by atomic mass is 9.84. The number of carbonyl (C=O) groups excluding carboxylic acids is 2. The van der Waals surface area contributed by atoms with Gasteiger partial charge in [-0.3, -0.25) is 9.59 Å². The predicted molar refractivity (Wildman–Crippen MR) is 65.1 cm³/mol. The molecule has 0 aromatic heterocycles. The molecule has 0 heterocycles. The summed E-state index contributed by atoms with van der Waals surface area (Å²) >= 11 is 0. The first-order valence-electron chi connectivity index (χ1n) is 5.38. The highest BCUT2D eigenvalue weighted by molar-refractivity contribution is 6.23. The van der Waals surface area contributed by atoms with E-state index in [0.29, 0.717) is 6.54 Å². The Labute approximate surface area is 101 Å². The Morgan fingerprint density at radius 2 is 2.06 bits per heavy atom. The van der Waals surface area contributed by atoms with Crippen molar-refractivity contribution in [2.75, 3.05) is 13.7 Å². The first kappa shape index (κ1) is 13.2. The van der Waals surface area contributed by atoms with E-state index in [2.05, 4.69) is 5.32 Å². The Hall–Kier alpha value is -1.84. The zero-order chi connectivity index (χ0) is 12.9. The van der Waals surface area contributed by atoms with Gasteiger partial charge in [-0.05, 0) is 6.07 Å². The van der Waals surface area contributed by atoms with Crippen molar-refractivity contribution in [3.05, 3.63) is 29.8 Å². The van der Waals surface area contributed by atoms with Crippen LogP contribution < -0.4 is 10.1 Å². The van der Waals surface area contributed by atoms with E-state index >= 15 is 0 Å². The molecule has 92 valence electrons. The number of hydrogen-bond donors (Lipinski definition) is 1. The molecule has 0 atom stereocenters. The maximum Gasteiger partial charge on any atom is 0.284 e. The Balaban J connectivity index is 2.88. The van der Waals surface area contributed by atoms with Crippen molar-refractivity contribution in [1.29, 1.82) is 0 Å². The van der Waals surface area contributed by atoms with Gasteiger partial charge in [0.25, 0.3) is 5.91 Å². The van der Waals surface area contributed by atoms with Crippen molar-refractivity contribution >= 4 is 12.2 Å². The lowest BCUT2D eigenvalue weighted by Crippen LogP contribution is -2.37. The number of hydrogen-bond acceptors (Lipinski definition) is 3. The van der Waals surface area contributed by atoms with Crippen LogP contribution in [0.5, 0.6) is 5.75 Å². The number of benzene rings is 1. The first-order valence-corrected chi connectivity index (χ1v) is 5.38. The number of para-hydroxylation sites is 1. The molecule has 1 aromatic carbocycles. The molecular formula is C13H17NO3. The van der Waals surface area contributed by atoms with Gasteiger partial charge in [0.05, 0.1) is 7.11 Å². The fourth-order valence-electron chi connectivity index (χ4n) is 1.65.